The van der Waals surface area contributed by atoms with Crippen LogP contribution in [0.4, 0.5) is 27.8 Å². The predicted molar refractivity (Wildman–Crippen MR) is 93.2 cm³/mol. The molecule has 1 aliphatic heterocycles. The molecule has 2 fully saturated rings. The Balaban J connectivity index is 2.20. The third kappa shape index (κ3) is 2.86. The van der Waals surface area contributed by atoms with Crippen LogP contribution in [0, 0.1) is 23.3 Å². The lowest BCUT2D eigenvalue weighted by molar-refractivity contribution is 0.0695. The van der Waals surface area contributed by atoms with Crippen LogP contribution in [0.2, 0.25) is 0 Å². The second kappa shape index (κ2) is 6.97. The molecule has 29 heavy (non-hydrogen) atoms. The number of rotatable bonds is 4. The number of fused-ring (bicyclic) bond motifs is 1. The highest BCUT2D eigenvalue weighted by atomic mass is 19.2. The fourth-order valence-corrected chi connectivity index (χ4v) is 3.85. The summed E-state index contributed by atoms with van der Waals surface area (Å²) in [5.74, 6) is -10.1. The summed E-state index contributed by atoms with van der Waals surface area (Å²) in [5, 5.41) is 11.4. The molecule has 0 spiro atoms. The number of halogens is 5. The zero-order valence-electron chi connectivity index (χ0n) is 14.9. The number of benzene rings is 1. The SMILES string of the molecule is O=C(O)c1c(N2CCNCC2CF)n(C2CC2)c2c(F)c(F)c(F)c(F)c2c1=O. The molecule has 0 amide bonds. The van der Waals surface area contributed by atoms with Crippen molar-refractivity contribution in [1.82, 2.24) is 9.88 Å². The summed E-state index contributed by atoms with van der Waals surface area (Å²) in [5.41, 5.74) is -3.25. The molecule has 2 heterocycles. The Morgan fingerprint density at radius 2 is 1.76 bits per heavy atom. The molecule has 1 unspecified atom stereocenters. The van der Waals surface area contributed by atoms with Crippen molar-refractivity contribution in [3.63, 3.8) is 0 Å². The Labute approximate surface area is 160 Å². The number of hydrogen-bond acceptors (Lipinski definition) is 4. The predicted octanol–water partition coefficient (Wildman–Crippen LogP) is 2.34. The summed E-state index contributed by atoms with van der Waals surface area (Å²) in [6.07, 6.45) is 0.854. The summed E-state index contributed by atoms with van der Waals surface area (Å²) in [7, 11) is 0. The molecule has 1 aromatic heterocycles. The molecule has 0 radical (unpaired) electrons. The van der Waals surface area contributed by atoms with Gasteiger partial charge in [0.05, 0.1) is 16.9 Å². The van der Waals surface area contributed by atoms with Gasteiger partial charge >= 0.3 is 5.97 Å². The minimum absolute atomic E-state index is 0.0836. The van der Waals surface area contributed by atoms with Gasteiger partial charge in [-0.25, -0.2) is 26.7 Å². The number of carbonyl (C=O) groups is 1. The van der Waals surface area contributed by atoms with Gasteiger partial charge in [0.25, 0.3) is 0 Å². The van der Waals surface area contributed by atoms with Crippen molar-refractivity contribution in [2.75, 3.05) is 31.2 Å². The van der Waals surface area contributed by atoms with Crippen molar-refractivity contribution >= 4 is 22.7 Å². The van der Waals surface area contributed by atoms with Gasteiger partial charge in [-0.15, -0.1) is 0 Å². The Morgan fingerprint density at radius 3 is 2.34 bits per heavy atom. The number of pyridine rings is 1. The first kappa shape index (κ1) is 19.6. The minimum atomic E-state index is -2.19. The van der Waals surface area contributed by atoms with Crippen molar-refractivity contribution in [2.45, 2.75) is 24.9 Å². The van der Waals surface area contributed by atoms with Gasteiger partial charge in [-0.05, 0) is 12.8 Å². The van der Waals surface area contributed by atoms with E-state index in [0.717, 1.165) is 4.57 Å². The molecule has 6 nitrogen and oxygen atoms in total. The Hall–Kier alpha value is -2.69. The summed E-state index contributed by atoms with van der Waals surface area (Å²) >= 11 is 0. The lowest BCUT2D eigenvalue weighted by Gasteiger charge is -2.39. The minimum Gasteiger partial charge on any atom is -0.477 e. The first-order valence-electron chi connectivity index (χ1n) is 9.00. The number of alkyl halides is 1. The number of anilines is 1. The first-order valence-corrected chi connectivity index (χ1v) is 9.00. The van der Waals surface area contributed by atoms with E-state index in [0.29, 0.717) is 19.4 Å². The highest BCUT2D eigenvalue weighted by Crippen LogP contribution is 2.43. The highest BCUT2D eigenvalue weighted by Gasteiger charge is 2.39. The third-order valence-corrected chi connectivity index (χ3v) is 5.32. The van der Waals surface area contributed by atoms with Crippen LogP contribution < -0.4 is 15.6 Å². The first-order chi connectivity index (χ1) is 13.8. The van der Waals surface area contributed by atoms with Crippen molar-refractivity contribution < 1.29 is 31.9 Å². The molecule has 2 N–H and O–H groups in total. The standard InChI is InChI=1S/C18H16F5N3O3/c19-5-8-6-24-3-4-25(8)17-10(18(28)29)16(27)9-11(20)12(21)13(22)14(23)15(9)26(17)7-1-2-7/h7-8,24H,1-6H2,(H,28,29). The molecule has 2 aromatic rings. The summed E-state index contributed by atoms with van der Waals surface area (Å²) in [6, 6.07) is -1.43. The topological polar surface area (TPSA) is 74.6 Å². The quantitative estimate of drug-likeness (QED) is 0.454. The summed E-state index contributed by atoms with van der Waals surface area (Å²) in [6.45, 7) is -0.375. The fourth-order valence-electron chi connectivity index (χ4n) is 3.85. The van der Waals surface area contributed by atoms with Crippen molar-refractivity contribution in [1.29, 1.82) is 0 Å². The maximum atomic E-state index is 14.7. The van der Waals surface area contributed by atoms with Gasteiger partial charge in [-0.2, -0.15) is 0 Å². The smallest absolute Gasteiger partial charge is 0.343 e. The molecule has 0 bridgehead atoms. The van der Waals surface area contributed by atoms with Gasteiger partial charge in [0.2, 0.25) is 5.43 Å². The van der Waals surface area contributed by atoms with Gasteiger partial charge in [-0.3, -0.25) is 4.79 Å². The number of nitrogens with zero attached hydrogens (tertiary/aromatic N) is 2. The molecule has 156 valence electrons. The number of aromatic carboxylic acids is 1. The number of carboxylic acid groups (broad SMARTS) is 1. The van der Waals surface area contributed by atoms with Gasteiger partial charge in [-0.1, -0.05) is 0 Å². The maximum absolute atomic E-state index is 14.7. The molecule has 11 heteroatoms. The van der Waals surface area contributed by atoms with Crippen LogP contribution in [0.3, 0.4) is 0 Å². The zero-order valence-corrected chi connectivity index (χ0v) is 14.9. The maximum Gasteiger partial charge on any atom is 0.343 e. The van der Waals surface area contributed by atoms with Gasteiger partial charge in [0, 0.05) is 25.7 Å². The van der Waals surface area contributed by atoms with E-state index in [2.05, 4.69) is 5.32 Å². The number of hydrogen-bond donors (Lipinski definition) is 2. The molecular weight excluding hydrogens is 401 g/mol. The second-order valence-electron chi connectivity index (χ2n) is 7.12. The van der Waals surface area contributed by atoms with E-state index < -0.39 is 69.9 Å². The van der Waals surface area contributed by atoms with Crippen molar-refractivity contribution in [3.05, 3.63) is 39.1 Å². The van der Waals surface area contributed by atoms with Crippen LogP contribution >= 0.6 is 0 Å². The van der Waals surface area contributed by atoms with Crippen molar-refractivity contribution in [2.24, 2.45) is 0 Å². The molecule has 4 rings (SSSR count). The molecular formula is C18H16F5N3O3. The van der Waals surface area contributed by atoms with E-state index in [1.165, 1.54) is 4.90 Å². The molecule has 1 aliphatic carbocycles. The fraction of sp³-hybridized carbons (Fsp3) is 0.444. The number of nitrogens with one attached hydrogen (secondary N) is 1. The molecule has 1 saturated heterocycles. The average molecular weight is 417 g/mol. The van der Waals surface area contributed by atoms with Crippen LogP contribution in [-0.2, 0) is 0 Å². The normalized spacial score (nSPS) is 19.8. The lowest BCUT2D eigenvalue weighted by Crippen LogP contribution is -2.54. The average Bonchev–Trinajstić information content (AvgIpc) is 3.54. The lowest BCUT2D eigenvalue weighted by atomic mass is 10.1. The Bertz CT molecular complexity index is 1080. The number of carboxylic acids is 1. The van der Waals surface area contributed by atoms with E-state index in [1.54, 1.807) is 0 Å². The molecule has 1 aromatic carbocycles. The van der Waals surface area contributed by atoms with E-state index in [1.807, 2.05) is 0 Å². The van der Waals surface area contributed by atoms with Crippen LogP contribution in [0.25, 0.3) is 10.9 Å². The molecule has 1 atom stereocenters. The van der Waals surface area contributed by atoms with Crippen LogP contribution in [0.1, 0.15) is 29.2 Å². The number of piperazine rings is 1. The van der Waals surface area contributed by atoms with Gasteiger partial charge < -0.3 is 19.9 Å². The number of aromatic nitrogens is 1. The third-order valence-electron chi connectivity index (χ3n) is 5.32. The van der Waals surface area contributed by atoms with E-state index >= 15 is 0 Å². The second-order valence-corrected chi connectivity index (χ2v) is 7.12. The van der Waals surface area contributed by atoms with Crippen LogP contribution in [0.15, 0.2) is 4.79 Å². The van der Waals surface area contributed by atoms with Crippen LogP contribution in [-0.4, -0.2) is 48.0 Å². The highest BCUT2D eigenvalue weighted by molar-refractivity contribution is 5.99. The summed E-state index contributed by atoms with van der Waals surface area (Å²) in [4.78, 5) is 26.1. The van der Waals surface area contributed by atoms with E-state index in [-0.39, 0.29) is 18.9 Å². The Morgan fingerprint density at radius 1 is 1.10 bits per heavy atom. The summed E-state index contributed by atoms with van der Waals surface area (Å²) < 4.78 is 71.6. The Kier molecular flexibility index (Phi) is 4.72. The van der Waals surface area contributed by atoms with Crippen molar-refractivity contribution in [3.8, 4) is 0 Å². The largest absolute Gasteiger partial charge is 0.477 e. The van der Waals surface area contributed by atoms with E-state index in [9.17, 15) is 36.6 Å². The monoisotopic (exact) mass is 417 g/mol. The zero-order chi connectivity index (χ0) is 21.0. The van der Waals surface area contributed by atoms with E-state index in [4.69, 9.17) is 0 Å². The van der Waals surface area contributed by atoms with Gasteiger partial charge in [0.1, 0.15) is 18.1 Å². The van der Waals surface area contributed by atoms with Gasteiger partial charge in [0.15, 0.2) is 23.3 Å². The molecule has 1 saturated carbocycles. The van der Waals surface area contributed by atoms with Crippen LogP contribution in [0.5, 0.6) is 0 Å². The molecule has 2 aliphatic rings.